The summed E-state index contributed by atoms with van der Waals surface area (Å²) in [6.07, 6.45) is 0. The second-order valence-electron chi connectivity index (χ2n) is 6.54. The van der Waals surface area contributed by atoms with Crippen molar-refractivity contribution in [3.05, 3.63) is 71.4 Å². The zero-order chi connectivity index (χ0) is 18.8. The molecule has 7 heteroatoms. The molecule has 0 aliphatic carbocycles. The monoisotopic (exact) mass is 378 g/mol. The minimum Gasteiger partial charge on any atom is -0.456 e. The predicted octanol–water partition coefficient (Wildman–Crippen LogP) is 3.41. The van der Waals surface area contributed by atoms with Crippen molar-refractivity contribution in [1.82, 2.24) is 8.96 Å². The fourth-order valence-electron chi connectivity index (χ4n) is 3.45. The van der Waals surface area contributed by atoms with E-state index >= 15 is 0 Å². The molecule has 0 atom stereocenters. The minimum absolute atomic E-state index is 0.154. The Labute approximate surface area is 155 Å². The van der Waals surface area contributed by atoms with Crippen LogP contribution in [0, 0.1) is 6.92 Å². The first-order valence-corrected chi connectivity index (χ1v) is 9.83. The lowest BCUT2D eigenvalue weighted by Gasteiger charge is -2.09. The van der Waals surface area contributed by atoms with Crippen LogP contribution in [-0.4, -0.2) is 23.3 Å². The molecule has 0 N–H and O–H groups in total. The number of aryl methyl sites for hydroxylation is 1. The summed E-state index contributed by atoms with van der Waals surface area (Å²) in [6, 6.07) is 15.7. The van der Waals surface area contributed by atoms with Crippen LogP contribution in [0.5, 0.6) is 0 Å². The highest BCUT2D eigenvalue weighted by Crippen LogP contribution is 2.34. The SMILES string of the molecule is Cc1ccc(S(=O)(=O)n2c3ccccc3c3cc4c(nc32)C(=O)OC4)cc1. The van der Waals surface area contributed by atoms with Crippen LogP contribution in [0.1, 0.15) is 21.6 Å². The molecule has 3 heterocycles. The smallest absolute Gasteiger partial charge is 0.357 e. The van der Waals surface area contributed by atoms with Gasteiger partial charge in [-0.05, 0) is 31.2 Å². The molecule has 134 valence electrons. The molecule has 4 aromatic rings. The van der Waals surface area contributed by atoms with E-state index in [1.165, 1.54) is 3.97 Å². The molecule has 2 aromatic heterocycles. The Morgan fingerprint density at radius 1 is 1.04 bits per heavy atom. The van der Waals surface area contributed by atoms with Gasteiger partial charge in [-0.1, -0.05) is 35.9 Å². The van der Waals surface area contributed by atoms with Crippen LogP contribution in [0.15, 0.2) is 59.5 Å². The van der Waals surface area contributed by atoms with Crippen molar-refractivity contribution < 1.29 is 17.9 Å². The van der Waals surface area contributed by atoms with E-state index in [0.29, 0.717) is 16.5 Å². The topological polar surface area (TPSA) is 78.3 Å². The van der Waals surface area contributed by atoms with Crippen LogP contribution in [0.25, 0.3) is 21.9 Å². The van der Waals surface area contributed by atoms with Gasteiger partial charge < -0.3 is 4.74 Å². The Kier molecular flexibility index (Phi) is 3.21. The highest BCUT2D eigenvalue weighted by Gasteiger charge is 2.29. The first-order chi connectivity index (χ1) is 13.0. The van der Waals surface area contributed by atoms with Gasteiger partial charge in [-0.15, -0.1) is 0 Å². The lowest BCUT2D eigenvalue weighted by atomic mass is 10.1. The number of carbonyl (C=O) groups is 1. The predicted molar refractivity (Wildman–Crippen MR) is 100 cm³/mol. The molecule has 0 bridgehead atoms. The number of para-hydroxylation sites is 1. The van der Waals surface area contributed by atoms with Gasteiger partial charge in [0.05, 0.1) is 10.4 Å². The number of carbonyl (C=O) groups excluding carboxylic acids is 1. The lowest BCUT2D eigenvalue weighted by molar-refractivity contribution is 0.0531. The van der Waals surface area contributed by atoms with Crippen LogP contribution < -0.4 is 0 Å². The van der Waals surface area contributed by atoms with E-state index < -0.39 is 16.0 Å². The number of hydrogen-bond donors (Lipinski definition) is 0. The van der Waals surface area contributed by atoms with Gasteiger partial charge in [-0.2, -0.15) is 0 Å². The quantitative estimate of drug-likeness (QED) is 0.500. The van der Waals surface area contributed by atoms with E-state index in [-0.39, 0.29) is 22.8 Å². The number of aromatic nitrogens is 2. The third-order valence-corrected chi connectivity index (χ3v) is 6.52. The summed E-state index contributed by atoms with van der Waals surface area (Å²) in [4.78, 5) is 16.5. The number of ether oxygens (including phenoxy) is 1. The Morgan fingerprint density at radius 2 is 1.78 bits per heavy atom. The van der Waals surface area contributed by atoms with E-state index in [1.807, 2.05) is 19.1 Å². The number of fused-ring (bicyclic) bond motifs is 4. The molecular weight excluding hydrogens is 364 g/mol. The zero-order valence-corrected chi connectivity index (χ0v) is 15.2. The fourth-order valence-corrected chi connectivity index (χ4v) is 4.92. The van der Waals surface area contributed by atoms with Crippen molar-refractivity contribution in [2.24, 2.45) is 0 Å². The van der Waals surface area contributed by atoms with Crippen LogP contribution in [0.4, 0.5) is 0 Å². The fraction of sp³-hybridized carbons (Fsp3) is 0.100. The van der Waals surface area contributed by atoms with Crippen molar-refractivity contribution in [2.75, 3.05) is 0 Å². The number of cyclic esters (lactones) is 1. The van der Waals surface area contributed by atoms with Gasteiger partial charge in [0.1, 0.15) is 6.61 Å². The number of hydrogen-bond acceptors (Lipinski definition) is 5. The number of nitrogens with zero attached hydrogens (tertiary/aromatic N) is 2. The van der Waals surface area contributed by atoms with Crippen LogP contribution >= 0.6 is 0 Å². The first kappa shape index (κ1) is 16.0. The van der Waals surface area contributed by atoms with E-state index in [9.17, 15) is 13.2 Å². The first-order valence-electron chi connectivity index (χ1n) is 8.39. The van der Waals surface area contributed by atoms with Crippen molar-refractivity contribution >= 4 is 37.9 Å². The molecule has 5 rings (SSSR count). The molecule has 1 aliphatic heterocycles. The average molecular weight is 378 g/mol. The Balaban J connectivity index is 1.91. The van der Waals surface area contributed by atoms with Gasteiger partial charge in [0.2, 0.25) is 0 Å². The maximum absolute atomic E-state index is 13.4. The Hall–Kier alpha value is -3.19. The van der Waals surface area contributed by atoms with Gasteiger partial charge in [-0.25, -0.2) is 22.2 Å². The summed E-state index contributed by atoms with van der Waals surface area (Å²) in [5, 5.41) is 1.44. The van der Waals surface area contributed by atoms with Crippen LogP contribution in [0.2, 0.25) is 0 Å². The molecule has 0 radical (unpaired) electrons. The summed E-state index contributed by atoms with van der Waals surface area (Å²) in [5.74, 6) is -0.531. The molecule has 0 amide bonds. The molecule has 0 saturated carbocycles. The Morgan fingerprint density at radius 3 is 2.56 bits per heavy atom. The zero-order valence-electron chi connectivity index (χ0n) is 14.3. The summed E-state index contributed by atoms with van der Waals surface area (Å²) in [7, 11) is -3.90. The second kappa shape index (κ2) is 5.40. The van der Waals surface area contributed by atoms with Crippen molar-refractivity contribution in [3.63, 3.8) is 0 Å². The Bertz CT molecular complexity index is 1350. The highest BCUT2D eigenvalue weighted by molar-refractivity contribution is 7.90. The maximum Gasteiger partial charge on any atom is 0.357 e. The summed E-state index contributed by atoms with van der Waals surface area (Å²) in [5.41, 5.74) is 2.57. The van der Waals surface area contributed by atoms with Gasteiger partial charge >= 0.3 is 5.97 Å². The molecule has 6 nitrogen and oxygen atoms in total. The third kappa shape index (κ3) is 2.21. The molecule has 0 fully saturated rings. The standard InChI is InChI=1S/C20H14N2O4S/c1-12-6-8-14(9-7-12)27(24,25)22-17-5-3-2-4-15(17)16-10-13-11-26-20(23)18(13)21-19(16)22/h2-10H,11H2,1H3. The van der Waals surface area contributed by atoms with E-state index in [1.54, 1.807) is 42.5 Å². The van der Waals surface area contributed by atoms with Gasteiger partial charge in [0, 0.05) is 16.3 Å². The highest BCUT2D eigenvalue weighted by atomic mass is 32.2. The molecule has 0 unspecified atom stereocenters. The van der Waals surface area contributed by atoms with Gasteiger partial charge in [0.15, 0.2) is 11.3 Å². The number of benzene rings is 2. The summed E-state index contributed by atoms with van der Waals surface area (Å²) >= 11 is 0. The molecule has 2 aromatic carbocycles. The molecule has 27 heavy (non-hydrogen) atoms. The second-order valence-corrected chi connectivity index (χ2v) is 8.33. The largest absolute Gasteiger partial charge is 0.456 e. The van der Waals surface area contributed by atoms with E-state index in [4.69, 9.17) is 4.74 Å². The van der Waals surface area contributed by atoms with Crippen molar-refractivity contribution in [3.8, 4) is 0 Å². The van der Waals surface area contributed by atoms with E-state index in [0.717, 1.165) is 10.9 Å². The number of rotatable bonds is 2. The molecular formula is C20H14N2O4S. The third-order valence-electron chi connectivity index (χ3n) is 4.80. The maximum atomic E-state index is 13.4. The van der Waals surface area contributed by atoms with Gasteiger partial charge in [0.25, 0.3) is 10.0 Å². The average Bonchev–Trinajstić information content (AvgIpc) is 3.18. The molecule has 1 aliphatic rings. The molecule has 0 spiro atoms. The van der Waals surface area contributed by atoms with Crippen molar-refractivity contribution in [1.29, 1.82) is 0 Å². The normalized spacial score (nSPS) is 13.9. The van der Waals surface area contributed by atoms with Crippen LogP contribution in [0.3, 0.4) is 0 Å². The summed E-state index contributed by atoms with van der Waals surface area (Å²) < 4.78 is 33.1. The molecule has 0 saturated heterocycles. The summed E-state index contributed by atoms with van der Waals surface area (Å²) in [6.45, 7) is 2.05. The number of esters is 1. The van der Waals surface area contributed by atoms with Gasteiger partial charge in [-0.3, -0.25) is 0 Å². The van der Waals surface area contributed by atoms with E-state index in [2.05, 4.69) is 4.98 Å². The minimum atomic E-state index is -3.90. The lowest BCUT2D eigenvalue weighted by Crippen LogP contribution is -2.14. The number of pyridine rings is 1. The van der Waals surface area contributed by atoms with Crippen LogP contribution in [-0.2, 0) is 21.4 Å². The van der Waals surface area contributed by atoms with Crippen molar-refractivity contribution in [2.45, 2.75) is 18.4 Å².